The minimum absolute atomic E-state index is 0.00804. The van der Waals surface area contributed by atoms with Crippen LogP contribution >= 0.6 is 0 Å². The van der Waals surface area contributed by atoms with Crippen LogP contribution in [0.15, 0.2) is 18.2 Å². The van der Waals surface area contributed by atoms with Gasteiger partial charge in [0.25, 0.3) is 0 Å². The number of carbonyl (C=O) groups excluding carboxylic acids is 3. The maximum Gasteiger partial charge on any atom is 0.508 e. The minimum atomic E-state index is -1.38. The molecule has 0 aliphatic rings. The van der Waals surface area contributed by atoms with Gasteiger partial charge in [-0.1, -0.05) is 61.5 Å². The Morgan fingerprint density at radius 3 is 1.82 bits per heavy atom. The third-order valence-corrected chi connectivity index (χ3v) is 7.20. The fourth-order valence-electron chi connectivity index (χ4n) is 3.61. The highest BCUT2D eigenvalue weighted by molar-refractivity contribution is 5.79. The number of benzene rings is 1. The molecule has 0 aliphatic carbocycles. The highest BCUT2D eigenvalue weighted by Gasteiger charge is 2.36. The Hall–Kier alpha value is -3.14. The second-order valence-electron chi connectivity index (χ2n) is 10.8. The number of aliphatic carboxylic acids is 1. The first kappa shape index (κ1) is 33.9. The van der Waals surface area contributed by atoms with Crippen LogP contribution in [0.1, 0.15) is 80.2 Å². The topological polar surface area (TPSA) is 151 Å². The smallest absolute Gasteiger partial charge is 0.480 e. The number of rotatable bonds is 14. The molecule has 1 aromatic carbocycles. The lowest BCUT2D eigenvalue weighted by molar-refractivity contribution is -0.142. The maximum atomic E-state index is 12.9. The molecule has 0 spiro atoms. The molecule has 39 heavy (non-hydrogen) atoms. The van der Waals surface area contributed by atoms with Crippen LogP contribution in [0, 0.1) is 29.6 Å². The Morgan fingerprint density at radius 2 is 1.36 bits per heavy atom. The summed E-state index contributed by atoms with van der Waals surface area (Å²) in [5.74, 6) is -4.59. The van der Waals surface area contributed by atoms with Crippen LogP contribution in [0.2, 0.25) is 0 Å². The molecular weight excluding hydrogens is 506 g/mol. The molecule has 10 nitrogen and oxygen atoms in total. The zero-order chi connectivity index (χ0) is 30.0. The first-order valence-corrected chi connectivity index (χ1v) is 13.5. The zero-order valence-corrected chi connectivity index (χ0v) is 24.6. The molecule has 0 bridgehead atoms. The van der Waals surface area contributed by atoms with Crippen molar-refractivity contribution in [2.24, 2.45) is 35.3 Å². The number of hydrogen-bond donors (Lipinski definition) is 2. The standard InChI is InChI=1S/C29H45NO9/c1-10-13-36-29(35)37-20(9)19(8)24(25(30)26(31)32)21-11-12-22(38-27(33)17(6)15(2)3)23(14-21)39-28(34)18(7)16(4)5/h11-12,14-20,24-25H,10,13,30H2,1-9H3,(H,31,32)/t17?,18?,19?,20?,24?,25-/m0/s1. The number of esters is 2. The van der Waals surface area contributed by atoms with E-state index in [0.717, 1.165) is 0 Å². The van der Waals surface area contributed by atoms with Crippen LogP contribution in [0.5, 0.6) is 11.5 Å². The molecular formula is C29H45NO9. The van der Waals surface area contributed by atoms with E-state index >= 15 is 0 Å². The first-order valence-electron chi connectivity index (χ1n) is 13.5. The fourth-order valence-corrected chi connectivity index (χ4v) is 3.61. The van der Waals surface area contributed by atoms with Gasteiger partial charge in [0.15, 0.2) is 11.5 Å². The molecule has 0 radical (unpaired) electrons. The van der Waals surface area contributed by atoms with Crippen LogP contribution in [0.4, 0.5) is 4.79 Å². The van der Waals surface area contributed by atoms with Gasteiger partial charge in [0, 0.05) is 11.8 Å². The lowest BCUT2D eigenvalue weighted by Gasteiger charge is -2.31. The molecule has 0 aliphatic heterocycles. The van der Waals surface area contributed by atoms with Gasteiger partial charge in [-0.15, -0.1) is 0 Å². The Kier molecular flexibility index (Phi) is 13.4. The summed E-state index contributed by atoms with van der Waals surface area (Å²) in [7, 11) is 0. The summed E-state index contributed by atoms with van der Waals surface area (Å²) in [5, 5.41) is 9.77. The third kappa shape index (κ3) is 9.84. The number of carbonyl (C=O) groups is 4. The summed E-state index contributed by atoms with van der Waals surface area (Å²) >= 11 is 0. The average Bonchev–Trinajstić information content (AvgIpc) is 2.87. The van der Waals surface area contributed by atoms with Crippen molar-refractivity contribution >= 4 is 24.1 Å². The van der Waals surface area contributed by atoms with Crippen molar-refractivity contribution in [1.29, 1.82) is 0 Å². The summed E-state index contributed by atoms with van der Waals surface area (Å²) < 4.78 is 21.6. The van der Waals surface area contributed by atoms with Gasteiger partial charge in [0.05, 0.1) is 18.4 Å². The minimum Gasteiger partial charge on any atom is -0.480 e. The molecule has 6 atom stereocenters. The Morgan fingerprint density at radius 1 is 0.846 bits per heavy atom. The van der Waals surface area contributed by atoms with Gasteiger partial charge in [0.2, 0.25) is 0 Å². The maximum absolute atomic E-state index is 12.9. The molecule has 0 heterocycles. The quantitative estimate of drug-likeness (QED) is 0.234. The predicted octanol–water partition coefficient (Wildman–Crippen LogP) is 5.16. The fraction of sp³-hybridized carbons (Fsp3) is 0.655. The predicted molar refractivity (Wildman–Crippen MR) is 145 cm³/mol. The molecule has 0 saturated heterocycles. The highest BCUT2D eigenvalue weighted by Crippen LogP contribution is 2.38. The average molecular weight is 552 g/mol. The van der Waals surface area contributed by atoms with Crippen LogP contribution in [0.3, 0.4) is 0 Å². The molecule has 220 valence electrons. The van der Waals surface area contributed by atoms with Gasteiger partial charge < -0.3 is 29.8 Å². The van der Waals surface area contributed by atoms with Gasteiger partial charge in [0.1, 0.15) is 12.1 Å². The van der Waals surface area contributed by atoms with Crippen LogP contribution in [-0.4, -0.2) is 47.9 Å². The van der Waals surface area contributed by atoms with Gasteiger partial charge in [-0.2, -0.15) is 0 Å². The van der Waals surface area contributed by atoms with Crippen molar-refractivity contribution in [2.45, 2.75) is 86.8 Å². The van der Waals surface area contributed by atoms with Crippen LogP contribution in [0.25, 0.3) is 0 Å². The molecule has 3 N–H and O–H groups in total. The summed E-state index contributed by atoms with van der Waals surface area (Å²) in [6.07, 6.45) is -1.01. The largest absolute Gasteiger partial charge is 0.508 e. The number of carboxylic acid groups (broad SMARTS) is 1. The van der Waals surface area contributed by atoms with E-state index in [1.165, 1.54) is 12.1 Å². The Bertz CT molecular complexity index is 991. The van der Waals surface area contributed by atoms with E-state index in [4.69, 9.17) is 24.7 Å². The molecule has 0 saturated carbocycles. The van der Waals surface area contributed by atoms with E-state index in [0.29, 0.717) is 12.0 Å². The van der Waals surface area contributed by atoms with Crippen molar-refractivity contribution in [1.82, 2.24) is 0 Å². The number of hydrogen-bond acceptors (Lipinski definition) is 9. The molecule has 1 aromatic rings. The van der Waals surface area contributed by atoms with Gasteiger partial charge in [-0.25, -0.2) is 4.79 Å². The zero-order valence-electron chi connectivity index (χ0n) is 24.6. The van der Waals surface area contributed by atoms with Gasteiger partial charge >= 0.3 is 24.1 Å². The van der Waals surface area contributed by atoms with Crippen LogP contribution in [-0.2, 0) is 23.9 Å². The lowest BCUT2D eigenvalue weighted by Crippen LogP contribution is -2.42. The van der Waals surface area contributed by atoms with Crippen molar-refractivity contribution in [3.63, 3.8) is 0 Å². The summed E-state index contributed by atoms with van der Waals surface area (Å²) in [4.78, 5) is 49.6. The molecule has 10 heteroatoms. The van der Waals surface area contributed by atoms with Gasteiger partial charge in [-0.05, 0) is 42.9 Å². The van der Waals surface area contributed by atoms with E-state index in [2.05, 4.69) is 0 Å². The van der Waals surface area contributed by atoms with E-state index in [1.807, 2.05) is 34.6 Å². The number of nitrogens with two attached hydrogens (primary N) is 1. The monoisotopic (exact) mass is 551 g/mol. The SMILES string of the molecule is CCCOC(=O)OC(C)C(C)C(c1ccc(OC(=O)C(C)C(C)C)c(OC(=O)C(C)C(C)C)c1)[C@H](N)C(=O)O. The lowest BCUT2D eigenvalue weighted by atomic mass is 9.79. The molecule has 0 amide bonds. The van der Waals surface area contributed by atoms with E-state index in [1.54, 1.807) is 33.8 Å². The summed E-state index contributed by atoms with van der Waals surface area (Å²) in [5.41, 5.74) is 6.52. The van der Waals surface area contributed by atoms with Gasteiger partial charge in [-0.3, -0.25) is 14.4 Å². The molecule has 1 rings (SSSR count). The third-order valence-electron chi connectivity index (χ3n) is 7.20. The number of ether oxygens (including phenoxy) is 4. The van der Waals surface area contributed by atoms with Crippen LogP contribution < -0.4 is 15.2 Å². The van der Waals surface area contributed by atoms with Crippen molar-refractivity contribution in [3.05, 3.63) is 23.8 Å². The second kappa shape index (κ2) is 15.5. The summed E-state index contributed by atoms with van der Waals surface area (Å²) in [6.45, 7) is 16.4. The van der Waals surface area contributed by atoms with E-state index in [9.17, 15) is 24.3 Å². The van der Waals surface area contributed by atoms with Crippen molar-refractivity contribution in [2.75, 3.05) is 6.61 Å². The molecule has 0 fully saturated rings. The second-order valence-corrected chi connectivity index (χ2v) is 10.8. The first-order chi connectivity index (χ1) is 18.1. The van der Waals surface area contributed by atoms with E-state index < -0.39 is 59.9 Å². The number of carboxylic acids is 1. The normalized spacial score (nSPS) is 16.0. The summed E-state index contributed by atoms with van der Waals surface area (Å²) in [6, 6.07) is 3.10. The van der Waals surface area contributed by atoms with E-state index in [-0.39, 0.29) is 29.9 Å². The highest BCUT2D eigenvalue weighted by atomic mass is 16.7. The van der Waals surface area contributed by atoms with Crippen molar-refractivity contribution in [3.8, 4) is 11.5 Å². The van der Waals surface area contributed by atoms with Crippen molar-refractivity contribution < 1.29 is 43.2 Å². The molecule has 5 unspecified atom stereocenters. The Balaban J connectivity index is 3.52. The Labute approximate surface area is 231 Å². The molecule has 0 aromatic heterocycles.